The minimum atomic E-state index is -0.851. The van der Waals surface area contributed by atoms with Crippen LogP contribution >= 0.6 is 0 Å². The lowest BCUT2D eigenvalue weighted by Gasteiger charge is -2.28. The number of benzene rings is 1. The summed E-state index contributed by atoms with van der Waals surface area (Å²) in [5, 5.41) is 12.4. The number of aliphatic hydroxyl groups is 1. The van der Waals surface area contributed by atoms with E-state index in [1.807, 2.05) is 0 Å². The summed E-state index contributed by atoms with van der Waals surface area (Å²) in [4.78, 5) is 11.7. The van der Waals surface area contributed by atoms with Crippen LogP contribution < -0.4 is 10.1 Å². The average Bonchev–Trinajstić information content (AvgIpc) is 2.40. The van der Waals surface area contributed by atoms with Crippen molar-refractivity contribution in [3.05, 3.63) is 29.8 Å². The summed E-state index contributed by atoms with van der Waals surface area (Å²) in [5.74, 6) is -2.16. The van der Waals surface area contributed by atoms with Crippen molar-refractivity contribution in [2.24, 2.45) is 0 Å². The van der Waals surface area contributed by atoms with E-state index in [0.717, 1.165) is 31.4 Å². The number of carbonyl (C=O) groups is 1. The molecule has 1 aromatic rings. The lowest BCUT2D eigenvalue weighted by atomic mass is 9.92. The Balaban J connectivity index is 1.82. The highest BCUT2D eigenvalue weighted by Crippen LogP contribution is 2.19. The van der Waals surface area contributed by atoms with E-state index < -0.39 is 23.6 Å². The number of carbonyl (C=O) groups excluding carboxylic acids is 1. The first-order valence-electron chi connectivity index (χ1n) is 6.61. The molecule has 1 amide bonds. The zero-order valence-corrected chi connectivity index (χ0v) is 10.9. The van der Waals surface area contributed by atoms with Crippen molar-refractivity contribution >= 4 is 5.91 Å². The van der Waals surface area contributed by atoms with E-state index in [4.69, 9.17) is 4.74 Å². The highest BCUT2D eigenvalue weighted by molar-refractivity contribution is 5.77. The predicted octanol–water partition coefficient (Wildman–Crippen LogP) is 1.76. The van der Waals surface area contributed by atoms with Gasteiger partial charge in [0, 0.05) is 6.07 Å². The SMILES string of the molecule is O=C(COc1ccc(F)cc1F)N[C@H]1CCCC[C@@H]1O. The van der Waals surface area contributed by atoms with Gasteiger partial charge in [-0.25, -0.2) is 8.78 Å². The second kappa shape index (κ2) is 6.65. The van der Waals surface area contributed by atoms with Crippen LogP contribution in [0, 0.1) is 11.6 Å². The van der Waals surface area contributed by atoms with Crippen LogP contribution in [0.25, 0.3) is 0 Å². The van der Waals surface area contributed by atoms with Gasteiger partial charge in [0.1, 0.15) is 5.82 Å². The van der Waals surface area contributed by atoms with Crippen LogP contribution in [0.2, 0.25) is 0 Å². The summed E-state index contributed by atoms with van der Waals surface area (Å²) in [6.45, 7) is -0.369. The molecule has 1 aliphatic carbocycles. The summed E-state index contributed by atoms with van der Waals surface area (Å²) in [6.07, 6.45) is 2.74. The molecular formula is C14H17F2NO3. The number of ether oxygens (including phenoxy) is 1. The molecule has 1 saturated carbocycles. The molecule has 110 valence electrons. The van der Waals surface area contributed by atoms with Gasteiger partial charge in [0.2, 0.25) is 0 Å². The number of amides is 1. The second-order valence-corrected chi connectivity index (χ2v) is 4.89. The lowest BCUT2D eigenvalue weighted by molar-refractivity contribution is -0.125. The molecular weight excluding hydrogens is 268 g/mol. The topological polar surface area (TPSA) is 58.6 Å². The molecule has 0 unspecified atom stereocenters. The third-order valence-electron chi connectivity index (χ3n) is 3.33. The third kappa shape index (κ3) is 3.90. The highest BCUT2D eigenvalue weighted by atomic mass is 19.1. The molecule has 2 atom stereocenters. The molecule has 6 heteroatoms. The monoisotopic (exact) mass is 285 g/mol. The van der Waals surface area contributed by atoms with Crippen molar-refractivity contribution in [3.63, 3.8) is 0 Å². The van der Waals surface area contributed by atoms with E-state index >= 15 is 0 Å². The number of hydrogen-bond donors (Lipinski definition) is 2. The molecule has 1 fully saturated rings. The average molecular weight is 285 g/mol. The molecule has 2 N–H and O–H groups in total. The van der Waals surface area contributed by atoms with Crippen LogP contribution in [0.5, 0.6) is 5.75 Å². The van der Waals surface area contributed by atoms with Crippen molar-refractivity contribution in [2.75, 3.05) is 6.61 Å². The van der Waals surface area contributed by atoms with Crippen molar-refractivity contribution in [3.8, 4) is 5.75 Å². The minimum absolute atomic E-state index is 0.175. The van der Waals surface area contributed by atoms with Gasteiger partial charge in [0.15, 0.2) is 18.2 Å². The summed E-state index contributed by atoms with van der Waals surface area (Å²) < 4.78 is 31.0. The standard InChI is InChI=1S/C14H17F2NO3/c15-9-5-6-13(10(16)7-9)20-8-14(19)17-11-3-1-2-4-12(11)18/h5-7,11-12,18H,1-4,8H2,(H,17,19)/t11-,12-/m0/s1. The molecule has 4 nitrogen and oxygen atoms in total. The Bertz CT molecular complexity index is 481. The zero-order chi connectivity index (χ0) is 14.5. The van der Waals surface area contributed by atoms with Crippen LogP contribution in [-0.4, -0.2) is 29.8 Å². The summed E-state index contributed by atoms with van der Waals surface area (Å²) in [7, 11) is 0. The smallest absolute Gasteiger partial charge is 0.258 e. The van der Waals surface area contributed by atoms with Crippen molar-refractivity contribution in [2.45, 2.75) is 37.8 Å². The molecule has 0 spiro atoms. The Labute approximate surface area is 115 Å². The molecule has 1 aliphatic rings. The maximum atomic E-state index is 13.3. The number of hydrogen-bond acceptors (Lipinski definition) is 3. The number of halogens is 2. The van der Waals surface area contributed by atoms with Crippen molar-refractivity contribution < 1.29 is 23.4 Å². The van der Waals surface area contributed by atoms with Crippen LogP contribution in [0.15, 0.2) is 18.2 Å². The van der Waals surface area contributed by atoms with Crippen LogP contribution in [0.1, 0.15) is 25.7 Å². The van der Waals surface area contributed by atoms with Gasteiger partial charge in [-0.2, -0.15) is 0 Å². The summed E-state index contributed by atoms with van der Waals surface area (Å²) >= 11 is 0. The maximum Gasteiger partial charge on any atom is 0.258 e. The van der Waals surface area contributed by atoms with Gasteiger partial charge in [-0.05, 0) is 25.0 Å². The molecule has 0 aliphatic heterocycles. The zero-order valence-electron chi connectivity index (χ0n) is 10.9. The molecule has 20 heavy (non-hydrogen) atoms. The molecule has 1 aromatic carbocycles. The van der Waals surface area contributed by atoms with Crippen molar-refractivity contribution in [1.82, 2.24) is 5.32 Å². The largest absolute Gasteiger partial charge is 0.481 e. The maximum absolute atomic E-state index is 13.3. The van der Waals surface area contributed by atoms with E-state index in [1.54, 1.807) is 0 Å². The fourth-order valence-electron chi connectivity index (χ4n) is 2.26. The molecule has 2 rings (SSSR count). The Morgan fingerprint density at radius 2 is 2.10 bits per heavy atom. The number of aliphatic hydroxyl groups excluding tert-OH is 1. The Hall–Kier alpha value is -1.69. The van der Waals surface area contributed by atoms with Gasteiger partial charge in [0.05, 0.1) is 12.1 Å². The molecule has 0 bridgehead atoms. The number of nitrogens with one attached hydrogen (secondary N) is 1. The van der Waals surface area contributed by atoms with E-state index in [2.05, 4.69) is 5.32 Å². The van der Waals surface area contributed by atoms with Gasteiger partial charge in [0.25, 0.3) is 5.91 Å². The van der Waals surface area contributed by atoms with Crippen molar-refractivity contribution in [1.29, 1.82) is 0 Å². The normalized spacial score (nSPS) is 22.4. The predicted molar refractivity (Wildman–Crippen MR) is 68.3 cm³/mol. The quantitative estimate of drug-likeness (QED) is 0.886. The Kier molecular flexibility index (Phi) is 4.89. The van der Waals surface area contributed by atoms with Gasteiger partial charge < -0.3 is 15.2 Å². The van der Waals surface area contributed by atoms with E-state index in [9.17, 15) is 18.7 Å². The van der Waals surface area contributed by atoms with Gasteiger partial charge >= 0.3 is 0 Å². The van der Waals surface area contributed by atoms with Gasteiger partial charge in [-0.15, -0.1) is 0 Å². The first-order valence-corrected chi connectivity index (χ1v) is 6.61. The molecule has 0 radical (unpaired) electrons. The molecule has 0 aromatic heterocycles. The first kappa shape index (κ1) is 14.7. The van der Waals surface area contributed by atoms with E-state index in [0.29, 0.717) is 12.5 Å². The minimum Gasteiger partial charge on any atom is -0.481 e. The van der Waals surface area contributed by atoms with Crippen LogP contribution in [0.3, 0.4) is 0 Å². The van der Waals surface area contributed by atoms with E-state index in [-0.39, 0.29) is 18.4 Å². The van der Waals surface area contributed by atoms with Gasteiger partial charge in [-0.1, -0.05) is 12.8 Å². The molecule has 0 heterocycles. The van der Waals surface area contributed by atoms with E-state index in [1.165, 1.54) is 0 Å². The summed E-state index contributed by atoms with van der Waals surface area (Å²) in [5.41, 5.74) is 0. The highest BCUT2D eigenvalue weighted by Gasteiger charge is 2.24. The molecule has 0 saturated heterocycles. The second-order valence-electron chi connectivity index (χ2n) is 4.89. The first-order chi connectivity index (χ1) is 9.56. The van der Waals surface area contributed by atoms with Crippen LogP contribution in [0.4, 0.5) is 8.78 Å². The lowest BCUT2D eigenvalue weighted by Crippen LogP contribution is -2.46. The third-order valence-corrected chi connectivity index (χ3v) is 3.33. The fraction of sp³-hybridized carbons (Fsp3) is 0.500. The summed E-state index contributed by atoms with van der Waals surface area (Å²) in [6, 6.07) is 2.60. The fourth-order valence-corrected chi connectivity index (χ4v) is 2.26. The Morgan fingerprint density at radius 3 is 2.80 bits per heavy atom. The van der Waals surface area contributed by atoms with Gasteiger partial charge in [-0.3, -0.25) is 4.79 Å². The van der Waals surface area contributed by atoms with Crippen LogP contribution in [-0.2, 0) is 4.79 Å². The Morgan fingerprint density at radius 1 is 1.35 bits per heavy atom. The number of rotatable bonds is 4.